The van der Waals surface area contributed by atoms with E-state index in [1.165, 1.54) is 16.4 Å². The van der Waals surface area contributed by atoms with Crippen LogP contribution in [0.25, 0.3) is 16.6 Å². The molecular weight excluding hydrogens is 393 g/mol. The van der Waals surface area contributed by atoms with Crippen LogP contribution in [0.1, 0.15) is 12.0 Å². The molecule has 8 heteroatoms. The molecule has 0 unspecified atom stereocenters. The summed E-state index contributed by atoms with van der Waals surface area (Å²) in [5.74, 6) is 0. The number of nitrogens with zero attached hydrogens (tertiary/aromatic N) is 2. The highest BCUT2D eigenvalue weighted by Crippen LogP contribution is 2.32. The van der Waals surface area contributed by atoms with Crippen LogP contribution in [0.4, 0.5) is 0 Å². The maximum atomic E-state index is 12.9. The summed E-state index contributed by atoms with van der Waals surface area (Å²) in [6.45, 7) is 0.664. The van der Waals surface area contributed by atoms with E-state index in [0.717, 1.165) is 22.2 Å². The fourth-order valence-electron chi connectivity index (χ4n) is 3.15. The lowest BCUT2D eigenvalue weighted by molar-refractivity contribution is 0.441. The fraction of sp³-hybridized carbons (Fsp3) is 0.167. The molecule has 0 atom stereocenters. The molecule has 0 spiro atoms. The molecule has 4 rings (SSSR count). The topological polar surface area (TPSA) is 66.1 Å². The van der Waals surface area contributed by atoms with E-state index in [0.29, 0.717) is 18.0 Å². The average molecular weight is 408 g/mol. The van der Waals surface area contributed by atoms with E-state index in [2.05, 4.69) is 9.97 Å². The normalized spacial score (nSPS) is 16.0. The maximum Gasteiger partial charge on any atom is 0.244 e. The van der Waals surface area contributed by atoms with Crippen molar-refractivity contribution < 1.29 is 8.42 Å². The maximum absolute atomic E-state index is 12.9. The van der Waals surface area contributed by atoms with Gasteiger partial charge in [-0.25, -0.2) is 13.4 Å². The summed E-state index contributed by atoms with van der Waals surface area (Å²) in [6, 6.07) is 8.36. The van der Waals surface area contributed by atoms with Gasteiger partial charge in [0.1, 0.15) is 10.5 Å². The molecule has 0 aliphatic carbocycles. The lowest BCUT2D eigenvalue weighted by atomic mass is 10.0. The van der Waals surface area contributed by atoms with E-state index in [4.69, 9.17) is 23.2 Å². The Hall–Kier alpha value is -1.86. The molecule has 2 aromatic heterocycles. The number of H-pyrrole nitrogens is 1. The predicted molar refractivity (Wildman–Crippen MR) is 104 cm³/mol. The van der Waals surface area contributed by atoms with E-state index in [1.807, 2.05) is 24.4 Å². The van der Waals surface area contributed by atoms with Crippen LogP contribution < -0.4 is 0 Å². The first-order valence-corrected chi connectivity index (χ1v) is 10.2. The highest BCUT2D eigenvalue weighted by atomic mass is 35.5. The first-order valence-electron chi connectivity index (χ1n) is 8.03. The Morgan fingerprint density at radius 1 is 1.19 bits per heavy atom. The highest BCUT2D eigenvalue weighted by molar-refractivity contribution is 7.89. The molecule has 26 heavy (non-hydrogen) atoms. The number of nitrogens with one attached hydrogen (secondary N) is 1. The predicted octanol–water partition coefficient (Wildman–Crippen LogP) is 4.35. The molecule has 1 aliphatic rings. The average Bonchev–Trinajstić information content (AvgIpc) is 3.08. The molecule has 0 fully saturated rings. The zero-order valence-electron chi connectivity index (χ0n) is 13.6. The van der Waals surface area contributed by atoms with Crippen molar-refractivity contribution >= 4 is 49.8 Å². The van der Waals surface area contributed by atoms with Crippen molar-refractivity contribution in [2.75, 3.05) is 13.1 Å². The zero-order valence-corrected chi connectivity index (χ0v) is 15.9. The largest absolute Gasteiger partial charge is 0.346 e. The third kappa shape index (κ3) is 3.03. The lowest BCUT2D eigenvalue weighted by Crippen LogP contribution is -2.34. The van der Waals surface area contributed by atoms with Crippen molar-refractivity contribution in [2.24, 2.45) is 0 Å². The molecule has 0 bridgehead atoms. The summed E-state index contributed by atoms with van der Waals surface area (Å²) in [5, 5.41) is 1.55. The molecule has 0 radical (unpaired) electrons. The molecular formula is C18H15Cl2N3O2S. The molecule has 3 heterocycles. The molecule has 1 N–H and O–H groups in total. The molecule has 5 nitrogen and oxygen atoms in total. The number of halogens is 2. The van der Waals surface area contributed by atoms with Crippen molar-refractivity contribution in [3.8, 4) is 0 Å². The van der Waals surface area contributed by atoms with Crippen molar-refractivity contribution in [1.29, 1.82) is 0 Å². The van der Waals surface area contributed by atoms with Gasteiger partial charge < -0.3 is 4.98 Å². The minimum atomic E-state index is -3.70. The second-order valence-corrected chi connectivity index (χ2v) is 8.77. The third-order valence-electron chi connectivity index (χ3n) is 4.48. The van der Waals surface area contributed by atoms with E-state index in [9.17, 15) is 8.42 Å². The van der Waals surface area contributed by atoms with Crippen LogP contribution in [-0.2, 0) is 10.0 Å². The zero-order chi connectivity index (χ0) is 18.3. The summed E-state index contributed by atoms with van der Waals surface area (Å²) in [5.41, 5.74) is 2.99. The van der Waals surface area contributed by atoms with Crippen molar-refractivity contribution in [3.05, 3.63) is 64.4 Å². The Morgan fingerprint density at radius 3 is 2.81 bits per heavy atom. The third-order valence-corrected chi connectivity index (χ3v) is 7.06. The summed E-state index contributed by atoms with van der Waals surface area (Å²) in [7, 11) is -3.70. The van der Waals surface area contributed by atoms with Gasteiger partial charge in [-0.1, -0.05) is 29.3 Å². The van der Waals surface area contributed by atoms with Crippen molar-refractivity contribution in [2.45, 2.75) is 11.3 Å². The highest BCUT2D eigenvalue weighted by Gasteiger charge is 2.29. The minimum absolute atomic E-state index is 0.0415. The van der Waals surface area contributed by atoms with Crippen LogP contribution in [0.3, 0.4) is 0 Å². The number of benzene rings is 1. The second-order valence-electron chi connectivity index (χ2n) is 6.02. The Morgan fingerprint density at radius 2 is 2.04 bits per heavy atom. The monoisotopic (exact) mass is 407 g/mol. The van der Waals surface area contributed by atoms with Crippen LogP contribution in [0.5, 0.6) is 0 Å². The Kier molecular flexibility index (Phi) is 4.52. The van der Waals surface area contributed by atoms with Gasteiger partial charge in [-0.15, -0.1) is 0 Å². The van der Waals surface area contributed by atoms with Gasteiger partial charge in [-0.3, -0.25) is 0 Å². The van der Waals surface area contributed by atoms with Crippen LogP contribution in [0.15, 0.2) is 53.7 Å². The summed E-state index contributed by atoms with van der Waals surface area (Å²) in [4.78, 5) is 7.48. The van der Waals surface area contributed by atoms with Gasteiger partial charge in [0.25, 0.3) is 0 Å². The number of hydrogen-bond donors (Lipinski definition) is 1. The minimum Gasteiger partial charge on any atom is -0.346 e. The molecule has 0 saturated carbocycles. The molecule has 1 aromatic carbocycles. The molecule has 1 aliphatic heterocycles. The SMILES string of the molecule is O=S(=O)(c1cc(Cl)ccc1Cl)N1CC=C(c2c[nH]c3ncccc23)CC1. The van der Waals surface area contributed by atoms with E-state index < -0.39 is 10.0 Å². The fourth-order valence-corrected chi connectivity index (χ4v) is 5.27. The van der Waals surface area contributed by atoms with Gasteiger partial charge in [-0.2, -0.15) is 4.31 Å². The number of aromatic amines is 1. The van der Waals surface area contributed by atoms with Crippen LogP contribution in [-0.4, -0.2) is 35.8 Å². The van der Waals surface area contributed by atoms with Gasteiger partial charge in [0.05, 0.1) is 5.02 Å². The standard InChI is InChI=1S/C18H15Cl2N3O2S/c19-13-3-4-16(20)17(10-13)26(24,25)23-8-5-12(6-9-23)15-11-22-18-14(15)2-1-7-21-18/h1-5,7,10-11H,6,8-9H2,(H,21,22). The van der Waals surface area contributed by atoms with E-state index >= 15 is 0 Å². The number of hydrogen-bond acceptors (Lipinski definition) is 3. The number of pyridine rings is 1. The van der Waals surface area contributed by atoms with Gasteiger partial charge in [0, 0.05) is 41.5 Å². The van der Waals surface area contributed by atoms with E-state index in [-0.39, 0.29) is 16.5 Å². The molecule has 134 valence electrons. The summed E-state index contributed by atoms with van der Waals surface area (Å²) in [6.07, 6.45) is 6.21. The molecule has 3 aromatic rings. The molecule has 0 amide bonds. The summed E-state index contributed by atoms with van der Waals surface area (Å²) >= 11 is 12.0. The Bertz CT molecular complexity index is 1120. The van der Waals surface area contributed by atoms with Crippen molar-refractivity contribution in [1.82, 2.24) is 14.3 Å². The second kappa shape index (κ2) is 6.70. The van der Waals surface area contributed by atoms with Crippen molar-refractivity contribution in [3.63, 3.8) is 0 Å². The Labute approximate surface area is 161 Å². The number of sulfonamides is 1. The smallest absolute Gasteiger partial charge is 0.244 e. The van der Waals surface area contributed by atoms with Crippen LogP contribution >= 0.6 is 23.2 Å². The van der Waals surface area contributed by atoms with Crippen LogP contribution in [0, 0.1) is 0 Å². The molecule has 0 saturated heterocycles. The first kappa shape index (κ1) is 17.5. The van der Waals surface area contributed by atoms with Gasteiger partial charge >= 0.3 is 0 Å². The number of fused-ring (bicyclic) bond motifs is 1. The number of aromatic nitrogens is 2. The Balaban J connectivity index is 1.64. The summed E-state index contributed by atoms with van der Waals surface area (Å²) < 4.78 is 27.2. The number of rotatable bonds is 3. The first-order chi connectivity index (χ1) is 12.5. The lowest BCUT2D eigenvalue weighted by Gasteiger charge is -2.26. The van der Waals surface area contributed by atoms with E-state index in [1.54, 1.807) is 12.3 Å². The van der Waals surface area contributed by atoms with Crippen LogP contribution in [0.2, 0.25) is 10.0 Å². The van der Waals surface area contributed by atoms with Gasteiger partial charge in [0.15, 0.2) is 0 Å². The van der Waals surface area contributed by atoms with Gasteiger partial charge in [-0.05, 0) is 42.3 Å². The van der Waals surface area contributed by atoms with Gasteiger partial charge in [0.2, 0.25) is 10.0 Å². The quantitative estimate of drug-likeness (QED) is 0.701.